The quantitative estimate of drug-likeness (QED) is 0.468. The predicted molar refractivity (Wildman–Crippen MR) is 47.5 cm³/mol. The molecule has 1 rings (SSSR count). The van der Waals surface area contributed by atoms with Crippen molar-refractivity contribution in [2.45, 2.75) is 24.4 Å². The van der Waals surface area contributed by atoms with Crippen LogP contribution < -0.4 is 0 Å². The van der Waals surface area contributed by atoms with Crippen LogP contribution in [0.4, 0.5) is 0 Å². The van der Waals surface area contributed by atoms with Gasteiger partial charge in [0.25, 0.3) is 0 Å². The Balaban J connectivity index is 2.71. The van der Waals surface area contributed by atoms with Crippen LogP contribution >= 0.6 is 0 Å². The average molecular weight is 186 g/mol. The Kier molecular flexibility index (Phi) is 3.35. The monoisotopic (exact) mass is 186 g/mol. The van der Waals surface area contributed by atoms with Crippen molar-refractivity contribution < 1.29 is 20.1 Å². The second-order valence-electron chi connectivity index (χ2n) is 3.74. The van der Waals surface area contributed by atoms with Gasteiger partial charge in [-0.3, -0.25) is 0 Å². The molecule has 5 heteroatoms. The second-order valence-corrected chi connectivity index (χ2v) is 3.74. The lowest BCUT2D eigenvalue weighted by Crippen LogP contribution is -2.58. The average Bonchev–Trinajstić information content (AvgIpc) is 2.09. The van der Waals surface area contributed by atoms with Crippen molar-refractivity contribution in [1.82, 2.24) is 0 Å². The van der Waals surface area contributed by atoms with Gasteiger partial charge in [0.05, 0.1) is 33.8 Å². The number of aliphatic hydroxyl groups is 3. The third-order valence-electron chi connectivity index (χ3n) is 2.57. The van der Waals surface area contributed by atoms with Gasteiger partial charge in [0.2, 0.25) is 0 Å². The summed E-state index contributed by atoms with van der Waals surface area (Å²) in [5.74, 6) is -0.598. The van der Waals surface area contributed by atoms with E-state index in [0.29, 0.717) is 6.61 Å². The van der Waals surface area contributed by atoms with E-state index in [1.165, 1.54) is 0 Å². The minimum absolute atomic E-state index is 0.0477. The second kappa shape index (κ2) is 3.96. The molecular formula is C8H15BO4. The molecule has 0 bridgehead atoms. The minimum Gasteiger partial charge on any atom is -0.393 e. The fourth-order valence-corrected chi connectivity index (χ4v) is 1.53. The number of ether oxygens (including phenoxy) is 1. The zero-order valence-electron chi connectivity index (χ0n) is 7.68. The molecule has 2 unspecified atom stereocenters. The van der Waals surface area contributed by atoms with Crippen molar-refractivity contribution in [2.75, 3.05) is 19.8 Å². The summed E-state index contributed by atoms with van der Waals surface area (Å²) in [4.78, 5) is 0. The van der Waals surface area contributed by atoms with Gasteiger partial charge in [-0.25, -0.2) is 0 Å². The highest BCUT2D eigenvalue weighted by molar-refractivity contribution is 6.11. The smallest absolute Gasteiger partial charge is 0.137 e. The lowest BCUT2D eigenvalue weighted by Gasteiger charge is -2.42. The van der Waals surface area contributed by atoms with Crippen molar-refractivity contribution in [1.29, 1.82) is 0 Å². The summed E-state index contributed by atoms with van der Waals surface area (Å²) in [6.07, 6.45) is -1.02. The van der Waals surface area contributed by atoms with Crippen LogP contribution in [-0.4, -0.2) is 54.7 Å². The predicted octanol–water partition coefficient (Wildman–Crippen LogP) is -1.31. The summed E-state index contributed by atoms with van der Waals surface area (Å²) < 4.78 is 5.07. The Morgan fingerprint density at radius 3 is 2.77 bits per heavy atom. The maximum Gasteiger partial charge on any atom is 0.137 e. The molecule has 0 saturated carbocycles. The molecule has 4 nitrogen and oxygen atoms in total. The molecule has 1 aliphatic rings. The van der Waals surface area contributed by atoms with Crippen LogP contribution in [0.25, 0.3) is 0 Å². The van der Waals surface area contributed by atoms with E-state index in [2.05, 4.69) is 0 Å². The molecule has 4 atom stereocenters. The van der Waals surface area contributed by atoms with Crippen LogP contribution in [0.15, 0.2) is 0 Å². The van der Waals surface area contributed by atoms with Crippen molar-refractivity contribution in [2.24, 2.45) is 5.92 Å². The standard InChI is InChI=1S/C8H15BO4/c1-5(9)6-2-13-4-8(12,3-10)7(6)11/h5-7,10-12H,2-4H2,1H3/t5-,6?,7?,8+/m1/s1. The third kappa shape index (κ3) is 2.04. The lowest BCUT2D eigenvalue weighted by atomic mass is 9.71. The molecule has 0 aromatic carbocycles. The van der Waals surface area contributed by atoms with Gasteiger partial charge in [-0.05, 0) is 0 Å². The minimum atomic E-state index is -1.56. The van der Waals surface area contributed by atoms with Crippen molar-refractivity contribution in [3.05, 3.63) is 0 Å². The molecule has 13 heavy (non-hydrogen) atoms. The number of hydrogen-bond acceptors (Lipinski definition) is 4. The normalized spacial score (nSPS) is 43.1. The molecule has 0 aromatic rings. The van der Waals surface area contributed by atoms with E-state index in [4.69, 9.17) is 17.7 Å². The van der Waals surface area contributed by atoms with Crippen molar-refractivity contribution >= 4 is 7.85 Å². The van der Waals surface area contributed by atoms with Gasteiger partial charge >= 0.3 is 0 Å². The number of rotatable bonds is 2. The summed E-state index contributed by atoms with van der Waals surface area (Å²) in [5, 5.41) is 28.3. The van der Waals surface area contributed by atoms with Crippen LogP contribution in [0.5, 0.6) is 0 Å². The highest BCUT2D eigenvalue weighted by atomic mass is 16.5. The highest BCUT2D eigenvalue weighted by Gasteiger charge is 2.44. The molecule has 1 fully saturated rings. The van der Waals surface area contributed by atoms with Gasteiger partial charge in [0, 0.05) is 5.92 Å². The van der Waals surface area contributed by atoms with Crippen LogP contribution in [-0.2, 0) is 4.74 Å². The number of hydrogen-bond donors (Lipinski definition) is 3. The molecule has 0 amide bonds. The van der Waals surface area contributed by atoms with Gasteiger partial charge < -0.3 is 20.1 Å². The van der Waals surface area contributed by atoms with E-state index in [9.17, 15) is 10.2 Å². The zero-order valence-corrected chi connectivity index (χ0v) is 7.68. The van der Waals surface area contributed by atoms with Crippen LogP contribution in [0, 0.1) is 5.92 Å². The van der Waals surface area contributed by atoms with Crippen LogP contribution in [0.2, 0.25) is 5.82 Å². The largest absolute Gasteiger partial charge is 0.393 e. The lowest BCUT2D eigenvalue weighted by molar-refractivity contribution is -0.201. The summed E-state index contributed by atoms with van der Waals surface area (Å²) in [6.45, 7) is 1.49. The zero-order chi connectivity index (χ0) is 10.1. The first-order valence-corrected chi connectivity index (χ1v) is 4.36. The molecule has 2 radical (unpaired) electrons. The Hall–Kier alpha value is -0.0951. The number of aliphatic hydroxyl groups excluding tert-OH is 2. The Morgan fingerprint density at radius 2 is 2.31 bits per heavy atom. The third-order valence-corrected chi connectivity index (χ3v) is 2.57. The van der Waals surface area contributed by atoms with E-state index in [1.54, 1.807) is 6.92 Å². The Morgan fingerprint density at radius 1 is 1.69 bits per heavy atom. The Bertz CT molecular complexity index is 176. The highest BCUT2D eigenvalue weighted by Crippen LogP contribution is 2.30. The Labute approximate surface area is 78.9 Å². The topological polar surface area (TPSA) is 69.9 Å². The fourth-order valence-electron chi connectivity index (χ4n) is 1.53. The summed E-state index contributed by atoms with van der Waals surface area (Å²) >= 11 is 0. The van der Waals surface area contributed by atoms with Gasteiger partial charge in [-0.2, -0.15) is 0 Å². The molecule has 0 aromatic heterocycles. The fraction of sp³-hybridized carbons (Fsp3) is 1.00. The molecule has 1 aliphatic heterocycles. The van der Waals surface area contributed by atoms with E-state index >= 15 is 0 Å². The SMILES string of the molecule is [B][C@H](C)C1COC[C@@](O)(CO)C1O. The van der Waals surface area contributed by atoms with Gasteiger partial charge in [0.1, 0.15) is 5.60 Å². The molecule has 1 heterocycles. The van der Waals surface area contributed by atoms with E-state index in [-0.39, 0.29) is 18.3 Å². The molecule has 3 N–H and O–H groups in total. The first-order chi connectivity index (χ1) is 6.01. The van der Waals surface area contributed by atoms with Gasteiger partial charge in [-0.1, -0.05) is 12.7 Å². The van der Waals surface area contributed by atoms with Crippen molar-refractivity contribution in [3.8, 4) is 0 Å². The molecule has 74 valence electrons. The van der Waals surface area contributed by atoms with Crippen LogP contribution in [0.1, 0.15) is 6.92 Å². The van der Waals surface area contributed by atoms with E-state index in [0.717, 1.165) is 0 Å². The van der Waals surface area contributed by atoms with E-state index < -0.39 is 18.3 Å². The van der Waals surface area contributed by atoms with Gasteiger partial charge in [0.15, 0.2) is 0 Å². The van der Waals surface area contributed by atoms with E-state index in [1.807, 2.05) is 0 Å². The molecular weight excluding hydrogens is 171 g/mol. The molecule has 0 aliphatic carbocycles. The maximum absolute atomic E-state index is 9.69. The maximum atomic E-state index is 9.69. The van der Waals surface area contributed by atoms with Crippen molar-refractivity contribution in [3.63, 3.8) is 0 Å². The first kappa shape index (κ1) is 11.0. The molecule has 0 spiro atoms. The summed E-state index contributed by atoms with van der Waals surface area (Å²) in [6, 6.07) is 0. The van der Waals surface area contributed by atoms with Crippen LogP contribution in [0.3, 0.4) is 0 Å². The summed E-state index contributed by atoms with van der Waals surface area (Å²) in [7, 11) is 5.60. The van der Waals surface area contributed by atoms with Gasteiger partial charge in [-0.15, -0.1) is 0 Å². The summed E-state index contributed by atoms with van der Waals surface area (Å²) in [5.41, 5.74) is -1.56. The first-order valence-electron chi connectivity index (χ1n) is 4.36. The molecule has 1 saturated heterocycles.